The van der Waals surface area contributed by atoms with Gasteiger partial charge in [0, 0.05) is 11.1 Å². The van der Waals surface area contributed by atoms with E-state index in [4.69, 9.17) is 0 Å². The summed E-state index contributed by atoms with van der Waals surface area (Å²) in [6.45, 7) is 5.83. The van der Waals surface area contributed by atoms with Crippen molar-refractivity contribution in [1.29, 1.82) is 0 Å². The number of aliphatic hydroxyl groups is 1. The van der Waals surface area contributed by atoms with E-state index in [0.717, 1.165) is 5.56 Å². The van der Waals surface area contributed by atoms with Crippen LogP contribution in [-0.2, 0) is 17.4 Å². The molecule has 1 atom stereocenters. The Morgan fingerprint density at radius 1 is 1.26 bits per heavy atom. The molecule has 0 aliphatic heterocycles. The van der Waals surface area contributed by atoms with E-state index in [0.29, 0.717) is 12.1 Å². The highest BCUT2D eigenvalue weighted by atomic mass is 19.4. The number of halogens is 3. The Labute approximate surface area is 110 Å². The molecule has 0 amide bonds. The van der Waals surface area contributed by atoms with Crippen molar-refractivity contribution in [2.24, 2.45) is 0 Å². The molecular formula is C14H18F3NO. The van der Waals surface area contributed by atoms with E-state index in [1.165, 1.54) is 0 Å². The van der Waals surface area contributed by atoms with Crippen LogP contribution in [0.25, 0.3) is 0 Å². The van der Waals surface area contributed by atoms with Gasteiger partial charge in [-0.2, -0.15) is 13.2 Å². The summed E-state index contributed by atoms with van der Waals surface area (Å²) in [6, 6.07) is 3.62. The molecule has 1 N–H and O–H groups in total. The van der Waals surface area contributed by atoms with Crippen LogP contribution in [0.5, 0.6) is 0 Å². The van der Waals surface area contributed by atoms with Gasteiger partial charge < -0.3 is 5.11 Å². The maximum Gasteiger partial charge on any atom is 0.392 e. The Morgan fingerprint density at radius 2 is 1.89 bits per heavy atom. The number of fused-ring (bicyclic) bond motifs is 1. The zero-order valence-corrected chi connectivity index (χ0v) is 11.3. The second kappa shape index (κ2) is 4.20. The maximum atomic E-state index is 12.6. The van der Waals surface area contributed by atoms with Crippen molar-refractivity contribution in [2.75, 3.05) is 0 Å². The Bertz CT molecular complexity index is 490. The topological polar surface area (TPSA) is 33.1 Å². The van der Waals surface area contributed by atoms with Crippen LogP contribution >= 0.6 is 0 Å². The van der Waals surface area contributed by atoms with Gasteiger partial charge >= 0.3 is 6.18 Å². The number of rotatable bonds is 1. The third-order valence-electron chi connectivity index (χ3n) is 3.49. The predicted octanol–water partition coefficient (Wildman–Crippen LogP) is 3.47. The first kappa shape index (κ1) is 14.3. The second-order valence-corrected chi connectivity index (χ2v) is 6.28. The quantitative estimate of drug-likeness (QED) is 0.850. The fraction of sp³-hybridized carbons (Fsp3) is 0.643. The molecule has 0 radical (unpaired) electrons. The fourth-order valence-corrected chi connectivity index (χ4v) is 2.47. The van der Waals surface area contributed by atoms with E-state index in [9.17, 15) is 18.3 Å². The van der Waals surface area contributed by atoms with Gasteiger partial charge in [-0.05, 0) is 24.5 Å². The molecule has 0 spiro atoms. The SMILES string of the molecule is CC(C)(C)c1ccc2c(n1)C(O)(CC(F)(F)F)CC2. The summed E-state index contributed by atoms with van der Waals surface area (Å²) in [5.41, 5.74) is -0.489. The highest BCUT2D eigenvalue weighted by Gasteiger charge is 2.47. The Morgan fingerprint density at radius 3 is 2.42 bits per heavy atom. The smallest absolute Gasteiger partial charge is 0.383 e. The minimum absolute atomic E-state index is 0.0858. The molecule has 0 saturated carbocycles. The van der Waals surface area contributed by atoms with E-state index >= 15 is 0 Å². The van der Waals surface area contributed by atoms with Gasteiger partial charge in [0.1, 0.15) is 5.60 Å². The van der Waals surface area contributed by atoms with Crippen molar-refractivity contribution in [2.45, 2.75) is 57.2 Å². The zero-order chi connectivity index (χ0) is 14.5. The summed E-state index contributed by atoms with van der Waals surface area (Å²) in [6.07, 6.45) is -5.09. The van der Waals surface area contributed by atoms with Crippen LogP contribution < -0.4 is 0 Å². The lowest BCUT2D eigenvalue weighted by molar-refractivity contribution is -0.179. The van der Waals surface area contributed by atoms with Crippen LogP contribution in [0.1, 0.15) is 50.6 Å². The number of hydrogen-bond acceptors (Lipinski definition) is 2. The van der Waals surface area contributed by atoms with Gasteiger partial charge in [-0.1, -0.05) is 26.8 Å². The van der Waals surface area contributed by atoms with Crippen LogP contribution in [0.2, 0.25) is 0 Å². The Balaban J connectivity index is 2.43. The summed E-state index contributed by atoms with van der Waals surface area (Å²) in [7, 11) is 0. The molecule has 0 fully saturated rings. The molecule has 0 aromatic carbocycles. The fourth-order valence-electron chi connectivity index (χ4n) is 2.47. The highest BCUT2D eigenvalue weighted by Crippen LogP contribution is 2.43. The molecule has 1 unspecified atom stereocenters. The molecular weight excluding hydrogens is 255 g/mol. The van der Waals surface area contributed by atoms with Crippen LogP contribution in [0, 0.1) is 0 Å². The average Bonchev–Trinajstić information content (AvgIpc) is 2.52. The molecule has 5 heteroatoms. The van der Waals surface area contributed by atoms with Gasteiger partial charge in [-0.15, -0.1) is 0 Å². The summed E-state index contributed by atoms with van der Waals surface area (Å²) in [5, 5.41) is 10.3. The number of hydrogen-bond donors (Lipinski definition) is 1. The van der Waals surface area contributed by atoms with Gasteiger partial charge in [0.25, 0.3) is 0 Å². The van der Waals surface area contributed by atoms with Crippen LogP contribution in [-0.4, -0.2) is 16.3 Å². The number of alkyl halides is 3. The molecule has 1 aromatic heterocycles. The van der Waals surface area contributed by atoms with E-state index in [2.05, 4.69) is 4.98 Å². The zero-order valence-electron chi connectivity index (χ0n) is 11.3. The minimum Gasteiger partial charge on any atom is -0.383 e. The Kier molecular flexibility index (Phi) is 3.16. The lowest BCUT2D eigenvalue weighted by Gasteiger charge is -2.26. The molecule has 1 heterocycles. The minimum atomic E-state index is -4.39. The monoisotopic (exact) mass is 273 g/mol. The first-order valence-electron chi connectivity index (χ1n) is 6.31. The van der Waals surface area contributed by atoms with Crippen LogP contribution in [0.3, 0.4) is 0 Å². The summed E-state index contributed by atoms with van der Waals surface area (Å²) >= 11 is 0. The van der Waals surface area contributed by atoms with Gasteiger partial charge in [-0.3, -0.25) is 4.98 Å². The molecule has 0 bridgehead atoms. The van der Waals surface area contributed by atoms with Gasteiger partial charge in [0.05, 0.1) is 12.1 Å². The van der Waals surface area contributed by atoms with Crippen molar-refractivity contribution in [1.82, 2.24) is 4.98 Å². The molecule has 1 aliphatic carbocycles. The number of aryl methyl sites for hydroxylation is 1. The molecule has 0 saturated heterocycles. The first-order valence-corrected chi connectivity index (χ1v) is 6.31. The molecule has 106 valence electrons. The van der Waals surface area contributed by atoms with E-state index < -0.39 is 18.2 Å². The molecule has 2 rings (SSSR count). The maximum absolute atomic E-state index is 12.6. The normalized spacial score (nSPS) is 23.5. The molecule has 1 aromatic rings. The predicted molar refractivity (Wildman–Crippen MR) is 65.8 cm³/mol. The lowest BCUT2D eigenvalue weighted by atomic mass is 9.90. The highest BCUT2D eigenvalue weighted by molar-refractivity contribution is 5.34. The molecule has 2 nitrogen and oxygen atoms in total. The first-order chi connectivity index (χ1) is 8.51. The summed E-state index contributed by atoms with van der Waals surface area (Å²) < 4.78 is 37.8. The van der Waals surface area contributed by atoms with E-state index in [-0.39, 0.29) is 17.5 Å². The van der Waals surface area contributed by atoms with E-state index in [1.54, 1.807) is 6.07 Å². The van der Waals surface area contributed by atoms with Crippen molar-refractivity contribution in [3.8, 4) is 0 Å². The third kappa shape index (κ3) is 2.91. The number of pyridine rings is 1. The summed E-state index contributed by atoms with van der Waals surface area (Å²) in [4.78, 5) is 4.31. The van der Waals surface area contributed by atoms with E-state index in [1.807, 2.05) is 26.8 Å². The largest absolute Gasteiger partial charge is 0.392 e. The van der Waals surface area contributed by atoms with Crippen molar-refractivity contribution >= 4 is 0 Å². The number of nitrogens with zero attached hydrogens (tertiary/aromatic N) is 1. The van der Waals surface area contributed by atoms with Crippen LogP contribution in [0.4, 0.5) is 13.2 Å². The van der Waals surface area contributed by atoms with Crippen molar-refractivity contribution in [3.63, 3.8) is 0 Å². The average molecular weight is 273 g/mol. The second-order valence-electron chi connectivity index (χ2n) is 6.28. The van der Waals surface area contributed by atoms with Gasteiger partial charge in [-0.25, -0.2) is 0 Å². The standard InChI is InChI=1S/C14H18F3NO/c1-12(2,3)10-5-4-9-6-7-13(19,11(9)18-10)8-14(15,16)17/h4-5,19H,6-8H2,1-3H3. The third-order valence-corrected chi connectivity index (χ3v) is 3.49. The molecule has 1 aliphatic rings. The van der Waals surface area contributed by atoms with Gasteiger partial charge in [0.2, 0.25) is 0 Å². The van der Waals surface area contributed by atoms with Crippen molar-refractivity contribution < 1.29 is 18.3 Å². The van der Waals surface area contributed by atoms with Gasteiger partial charge in [0.15, 0.2) is 0 Å². The molecule has 19 heavy (non-hydrogen) atoms. The lowest BCUT2D eigenvalue weighted by Crippen LogP contribution is -2.31. The van der Waals surface area contributed by atoms with Crippen LogP contribution in [0.15, 0.2) is 12.1 Å². The Hall–Kier alpha value is -1.10. The summed E-state index contributed by atoms with van der Waals surface area (Å²) in [5.74, 6) is 0. The van der Waals surface area contributed by atoms with Crippen molar-refractivity contribution in [3.05, 3.63) is 29.1 Å². The number of aromatic nitrogens is 1.